The molecule has 0 bridgehead atoms. The maximum Gasteiger partial charge on any atom is 0.249 e. The minimum Gasteiger partial charge on any atom is -0.491 e. The van der Waals surface area contributed by atoms with Crippen molar-refractivity contribution in [1.82, 2.24) is 0 Å². The lowest BCUT2D eigenvalue weighted by atomic mass is 10.1. The molecule has 0 aromatic heterocycles. The molecule has 0 saturated carbocycles. The summed E-state index contributed by atoms with van der Waals surface area (Å²) in [6.07, 6.45) is 0.0943. The Morgan fingerprint density at radius 1 is 1.43 bits per heavy atom. The number of hydrogen-bond donors (Lipinski definition) is 1. The van der Waals surface area contributed by atoms with Gasteiger partial charge in [-0.3, -0.25) is 4.79 Å². The molecule has 0 spiro atoms. The first-order valence-electron chi connectivity index (χ1n) is 4.58. The van der Waals surface area contributed by atoms with Gasteiger partial charge in [0.25, 0.3) is 0 Å². The summed E-state index contributed by atoms with van der Waals surface area (Å²) in [7, 11) is 0. The highest BCUT2D eigenvalue weighted by Crippen LogP contribution is 2.21. The SMILES string of the molecule is Cc1c(OC(C)C)cccc1C(N)=O. The second kappa shape index (κ2) is 4.13. The fourth-order valence-corrected chi connectivity index (χ4v) is 1.26. The van der Waals surface area contributed by atoms with Gasteiger partial charge in [0.05, 0.1) is 6.10 Å². The van der Waals surface area contributed by atoms with Gasteiger partial charge < -0.3 is 10.5 Å². The van der Waals surface area contributed by atoms with Crippen LogP contribution in [-0.4, -0.2) is 12.0 Å². The molecule has 1 aromatic carbocycles. The number of amides is 1. The van der Waals surface area contributed by atoms with E-state index in [-0.39, 0.29) is 6.10 Å². The molecule has 1 rings (SSSR count). The molecule has 14 heavy (non-hydrogen) atoms. The van der Waals surface area contributed by atoms with Gasteiger partial charge in [0.1, 0.15) is 5.75 Å². The number of carbonyl (C=O) groups is 1. The summed E-state index contributed by atoms with van der Waals surface area (Å²) >= 11 is 0. The second-order valence-electron chi connectivity index (χ2n) is 3.46. The number of nitrogens with two attached hydrogens (primary N) is 1. The van der Waals surface area contributed by atoms with Gasteiger partial charge in [-0.05, 0) is 32.9 Å². The summed E-state index contributed by atoms with van der Waals surface area (Å²) in [5.74, 6) is 0.299. The number of ether oxygens (including phenoxy) is 1. The molecule has 0 aliphatic rings. The van der Waals surface area contributed by atoms with Gasteiger partial charge in [0.15, 0.2) is 0 Å². The zero-order chi connectivity index (χ0) is 10.7. The molecule has 0 fully saturated rings. The van der Waals surface area contributed by atoms with Crippen molar-refractivity contribution in [3.63, 3.8) is 0 Å². The molecule has 0 heterocycles. The van der Waals surface area contributed by atoms with Crippen LogP contribution in [0.1, 0.15) is 29.8 Å². The van der Waals surface area contributed by atoms with Crippen LogP contribution < -0.4 is 10.5 Å². The standard InChI is InChI=1S/C11H15NO2/c1-7(2)14-10-6-4-5-9(8(10)3)11(12)13/h4-7H,1-3H3,(H2,12,13). The van der Waals surface area contributed by atoms with E-state index in [9.17, 15) is 4.79 Å². The number of benzene rings is 1. The predicted octanol–water partition coefficient (Wildman–Crippen LogP) is 1.88. The minimum absolute atomic E-state index is 0.0943. The van der Waals surface area contributed by atoms with Gasteiger partial charge in [-0.1, -0.05) is 6.07 Å². The van der Waals surface area contributed by atoms with Crippen molar-refractivity contribution in [1.29, 1.82) is 0 Å². The average molecular weight is 193 g/mol. The monoisotopic (exact) mass is 193 g/mol. The zero-order valence-electron chi connectivity index (χ0n) is 8.70. The van der Waals surface area contributed by atoms with E-state index in [2.05, 4.69) is 0 Å². The van der Waals surface area contributed by atoms with Crippen LogP contribution in [0.15, 0.2) is 18.2 Å². The van der Waals surface area contributed by atoms with Crippen molar-refractivity contribution < 1.29 is 9.53 Å². The molecular formula is C11H15NO2. The lowest BCUT2D eigenvalue weighted by Crippen LogP contribution is -2.14. The van der Waals surface area contributed by atoms with Crippen LogP contribution in [0.25, 0.3) is 0 Å². The van der Waals surface area contributed by atoms with Crippen molar-refractivity contribution in [2.24, 2.45) is 5.73 Å². The van der Waals surface area contributed by atoms with Crippen molar-refractivity contribution in [3.05, 3.63) is 29.3 Å². The number of carbonyl (C=O) groups excluding carboxylic acids is 1. The number of primary amides is 1. The first kappa shape index (κ1) is 10.6. The van der Waals surface area contributed by atoms with E-state index >= 15 is 0 Å². The Morgan fingerprint density at radius 3 is 2.57 bits per heavy atom. The third-order valence-corrected chi connectivity index (χ3v) is 1.91. The number of hydrogen-bond acceptors (Lipinski definition) is 2. The van der Waals surface area contributed by atoms with E-state index in [4.69, 9.17) is 10.5 Å². The Hall–Kier alpha value is -1.51. The average Bonchev–Trinajstić information content (AvgIpc) is 2.07. The van der Waals surface area contributed by atoms with Crippen molar-refractivity contribution in [2.45, 2.75) is 26.9 Å². The van der Waals surface area contributed by atoms with Crippen LogP contribution in [0.3, 0.4) is 0 Å². The highest BCUT2D eigenvalue weighted by Gasteiger charge is 2.09. The van der Waals surface area contributed by atoms with Gasteiger partial charge in [-0.2, -0.15) is 0 Å². The molecule has 0 atom stereocenters. The van der Waals surface area contributed by atoms with Crippen molar-refractivity contribution in [3.8, 4) is 5.75 Å². The maximum absolute atomic E-state index is 11.0. The van der Waals surface area contributed by atoms with E-state index < -0.39 is 5.91 Å². The highest BCUT2D eigenvalue weighted by molar-refractivity contribution is 5.94. The van der Waals surface area contributed by atoms with E-state index in [0.29, 0.717) is 5.56 Å². The maximum atomic E-state index is 11.0. The molecule has 1 amide bonds. The van der Waals surface area contributed by atoms with Crippen LogP contribution in [0.5, 0.6) is 5.75 Å². The fourth-order valence-electron chi connectivity index (χ4n) is 1.26. The summed E-state index contributed by atoms with van der Waals surface area (Å²) in [6, 6.07) is 5.30. The molecule has 2 N–H and O–H groups in total. The van der Waals surface area contributed by atoms with Gasteiger partial charge >= 0.3 is 0 Å². The first-order valence-corrected chi connectivity index (χ1v) is 4.58. The third kappa shape index (κ3) is 2.25. The molecule has 76 valence electrons. The predicted molar refractivity (Wildman–Crippen MR) is 55.5 cm³/mol. The van der Waals surface area contributed by atoms with Crippen LogP contribution in [-0.2, 0) is 0 Å². The second-order valence-corrected chi connectivity index (χ2v) is 3.46. The minimum atomic E-state index is -0.420. The molecular weight excluding hydrogens is 178 g/mol. The third-order valence-electron chi connectivity index (χ3n) is 1.91. The topological polar surface area (TPSA) is 52.3 Å². The highest BCUT2D eigenvalue weighted by atomic mass is 16.5. The Balaban J connectivity index is 3.07. The summed E-state index contributed by atoms with van der Waals surface area (Å²) in [4.78, 5) is 11.0. The van der Waals surface area contributed by atoms with Gasteiger partial charge in [-0.15, -0.1) is 0 Å². The van der Waals surface area contributed by atoms with Crippen LogP contribution in [0, 0.1) is 6.92 Å². The molecule has 3 heteroatoms. The molecule has 1 aromatic rings. The quantitative estimate of drug-likeness (QED) is 0.796. The van der Waals surface area contributed by atoms with E-state index in [0.717, 1.165) is 11.3 Å². The molecule has 0 radical (unpaired) electrons. The summed E-state index contributed by atoms with van der Waals surface area (Å²) in [6.45, 7) is 5.71. The van der Waals surface area contributed by atoms with Crippen LogP contribution in [0.4, 0.5) is 0 Å². The van der Waals surface area contributed by atoms with Crippen molar-refractivity contribution in [2.75, 3.05) is 0 Å². The summed E-state index contributed by atoms with van der Waals surface area (Å²) < 4.78 is 5.53. The Bertz CT molecular complexity index is 345. The molecule has 0 aliphatic heterocycles. The number of rotatable bonds is 3. The molecule has 0 aliphatic carbocycles. The molecule has 3 nitrogen and oxygen atoms in total. The first-order chi connectivity index (χ1) is 6.52. The largest absolute Gasteiger partial charge is 0.491 e. The Morgan fingerprint density at radius 2 is 2.07 bits per heavy atom. The smallest absolute Gasteiger partial charge is 0.249 e. The fraction of sp³-hybridized carbons (Fsp3) is 0.364. The Kier molecular flexibility index (Phi) is 3.12. The lowest BCUT2D eigenvalue weighted by molar-refractivity contribution is 0.0999. The van der Waals surface area contributed by atoms with Crippen LogP contribution >= 0.6 is 0 Å². The van der Waals surface area contributed by atoms with Crippen molar-refractivity contribution >= 4 is 5.91 Å². The Labute approximate surface area is 83.9 Å². The van der Waals surface area contributed by atoms with E-state index in [1.807, 2.05) is 26.8 Å². The molecule has 0 unspecified atom stereocenters. The summed E-state index contributed by atoms with van der Waals surface area (Å²) in [5, 5.41) is 0. The van der Waals surface area contributed by atoms with E-state index in [1.54, 1.807) is 12.1 Å². The normalized spacial score (nSPS) is 10.3. The van der Waals surface area contributed by atoms with Gasteiger partial charge in [-0.25, -0.2) is 0 Å². The van der Waals surface area contributed by atoms with E-state index in [1.165, 1.54) is 0 Å². The van der Waals surface area contributed by atoms with Gasteiger partial charge in [0, 0.05) is 11.1 Å². The zero-order valence-corrected chi connectivity index (χ0v) is 8.70. The summed E-state index contributed by atoms with van der Waals surface area (Å²) in [5.41, 5.74) is 6.54. The molecule has 0 saturated heterocycles. The lowest BCUT2D eigenvalue weighted by Gasteiger charge is -2.13. The van der Waals surface area contributed by atoms with Gasteiger partial charge in [0.2, 0.25) is 5.91 Å². The van der Waals surface area contributed by atoms with Crippen LogP contribution in [0.2, 0.25) is 0 Å².